The molecule has 0 aliphatic heterocycles. The average molecular weight is 176 g/mol. The first-order valence-electron chi connectivity index (χ1n) is 2.21. The third-order valence-electron chi connectivity index (χ3n) is 0.844. The van der Waals surface area contributed by atoms with Crippen LogP contribution in [0.3, 0.4) is 0 Å². The van der Waals surface area contributed by atoms with Crippen molar-refractivity contribution in [2.75, 3.05) is 7.11 Å². The summed E-state index contributed by atoms with van der Waals surface area (Å²) in [6.45, 7) is 0. The van der Waals surface area contributed by atoms with Crippen molar-refractivity contribution in [2.24, 2.45) is 0 Å². The monoisotopic (exact) mass is 175 g/mol. The van der Waals surface area contributed by atoms with E-state index in [2.05, 4.69) is 20.9 Å². The van der Waals surface area contributed by atoms with Gasteiger partial charge in [-0.2, -0.15) is 0 Å². The van der Waals surface area contributed by atoms with Crippen LogP contribution in [0, 0.1) is 0 Å². The Balaban J connectivity index is 2.84. The van der Waals surface area contributed by atoms with Gasteiger partial charge in [-0.3, -0.25) is 0 Å². The molecule has 1 rings (SSSR count). The number of rotatable bonds is 1. The smallest absolute Gasteiger partial charge is 0.191 e. The maximum absolute atomic E-state index is 4.85. The van der Waals surface area contributed by atoms with Gasteiger partial charge >= 0.3 is 0 Å². The van der Waals surface area contributed by atoms with Gasteiger partial charge < -0.3 is 9.72 Å². The molecule has 0 radical (unpaired) electrons. The number of methoxy groups -OCH3 is 1. The molecule has 0 unspecified atom stereocenters. The maximum Gasteiger partial charge on any atom is 0.191 e. The van der Waals surface area contributed by atoms with Gasteiger partial charge in [0, 0.05) is 6.07 Å². The summed E-state index contributed by atoms with van der Waals surface area (Å²) >= 11 is 3.24. The summed E-state index contributed by atoms with van der Waals surface area (Å²) in [5, 5.41) is 0. The predicted molar refractivity (Wildman–Crippen MR) is 35.0 cm³/mol. The van der Waals surface area contributed by atoms with Crippen molar-refractivity contribution in [1.82, 2.24) is 4.98 Å². The molecule has 0 saturated heterocycles. The molecule has 0 fully saturated rings. The Hall–Kier alpha value is -0.440. The first-order chi connectivity index (χ1) is 3.83. The number of aromatic amines is 1. The zero-order valence-corrected chi connectivity index (χ0v) is 6.03. The molecule has 2 nitrogen and oxygen atoms in total. The number of hydrogen-bond acceptors (Lipinski definition) is 1. The van der Waals surface area contributed by atoms with E-state index in [-0.39, 0.29) is 0 Å². The van der Waals surface area contributed by atoms with Crippen molar-refractivity contribution in [3.05, 3.63) is 16.7 Å². The minimum Gasteiger partial charge on any atom is -0.482 e. The summed E-state index contributed by atoms with van der Waals surface area (Å²) in [5.41, 5.74) is 0. The van der Waals surface area contributed by atoms with Gasteiger partial charge in [-0.05, 0) is 22.0 Å². The highest BCUT2D eigenvalue weighted by atomic mass is 79.9. The molecule has 0 atom stereocenters. The summed E-state index contributed by atoms with van der Waals surface area (Å²) in [6.07, 6.45) is 0. The van der Waals surface area contributed by atoms with E-state index in [1.807, 2.05) is 12.1 Å². The normalized spacial score (nSPS) is 9.25. The zero-order valence-electron chi connectivity index (χ0n) is 4.44. The molecular formula is C5H6BrNO. The van der Waals surface area contributed by atoms with Gasteiger partial charge in [0.2, 0.25) is 0 Å². The lowest BCUT2D eigenvalue weighted by atomic mass is 10.7. The third-order valence-corrected chi connectivity index (χ3v) is 1.31. The Morgan fingerprint density at radius 1 is 1.62 bits per heavy atom. The maximum atomic E-state index is 4.85. The molecule has 0 spiro atoms. The van der Waals surface area contributed by atoms with Crippen molar-refractivity contribution < 1.29 is 4.74 Å². The third kappa shape index (κ3) is 1.04. The van der Waals surface area contributed by atoms with E-state index in [1.54, 1.807) is 7.11 Å². The number of nitrogens with one attached hydrogen (secondary N) is 1. The lowest BCUT2D eigenvalue weighted by Crippen LogP contribution is -1.79. The topological polar surface area (TPSA) is 25.0 Å². The largest absolute Gasteiger partial charge is 0.482 e. The molecule has 0 amide bonds. The number of H-pyrrole nitrogens is 1. The minimum absolute atomic E-state index is 0.775. The van der Waals surface area contributed by atoms with Crippen LogP contribution in [0.1, 0.15) is 0 Å². The summed E-state index contributed by atoms with van der Waals surface area (Å²) in [7, 11) is 1.62. The van der Waals surface area contributed by atoms with Crippen molar-refractivity contribution in [3.63, 3.8) is 0 Å². The van der Waals surface area contributed by atoms with E-state index in [0.29, 0.717) is 0 Å². The number of aromatic nitrogens is 1. The van der Waals surface area contributed by atoms with E-state index in [9.17, 15) is 0 Å². The number of halogens is 1. The Morgan fingerprint density at radius 2 is 2.38 bits per heavy atom. The Kier molecular flexibility index (Phi) is 1.58. The quantitative estimate of drug-likeness (QED) is 0.693. The SMILES string of the molecule is COc1ccc(Br)[nH]1. The van der Waals surface area contributed by atoms with Gasteiger partial charge in [0.25, 0.3) is 0 Å². The lowest BCUT2D eigenvalue weighted by Gasteiger charge is -1.89. The number of hydrogen-bond donors (Lipinski definition) is 1. The van der Waals surface area contributed by atoms with Crippen LogP contribution in [-0.4, -0.2) is 12.1 Å². The second-order valence-corrected chi connectivity index (χ2v) is 2.23. The average Bonchev–Trinajstić information content (AvgIpc) is 2.14. The highest BCUT2D eigenvalue weighted by Gasteiger charge is 1.90. The number of ether oxygens (including phenoxy) is 1. The van der Waals surface area contributed by atoms with Gasteiger partial charge in [0.15, 0.2) is 5.88 Å². The first-order valence-corrected chi connectivity index (χ1v) is 3.01. The Bertz CT molecular complexity index is 173. The molecule has 1 heterocycles. The molecule has 8 heavy (non-hydrogen) atoms. The fraction of sp³-hybridized carbons (Fsp3) is 0.200. The Morgan fingerprint density at radius 3 is 2.62 bits per heavy atom. The van der Waals surface area contributed by atoms with Gasteiger partial charge in [-0.15, -0.1) is 0 Å². The summed E-state index contributed by atoms with van der Waals surface area (Å²) in [5.74, 6) is 0.775. The van der Waals surface area contributed by atoms with Crippen molar-refractivity contribution in [2.45, 2.75) is 0 Å². The zero-order chi connectivity index (χ0) is 5.98. The van der Waals surface area contributed by atoms with Crippen molar-refractivity contribution in [3.8, 4) is 5.88 Å². The molecule has 1 aromatic rings. The molecule has 0 bridgehead atoms. The predicted octanol–water partition coefficient (Wildman–Crippen LogP) is 1.79. The molecular weight excluding hydrogens is 170 g/mol. The van der Waals surface area contributed by atoms with Crippen molar-refractivity contribution >= 4 is 15.9 Å². The second-order valence-electron chi connectivity index (χ2n) is 1.37. The van der Waals surface area contributed by atoms with E-state index in [0.717, 1.165) is 10.5 Å². The minimum atomic E-state index is 0.775. The molecule has 3 heteroatoms. The standard InChI is InChI=1S/C5H6BrNO/c1-8-5-3-2-4(6)7-5/h2-3,7H,1H3. The summed E-state index contributed by atoms with van der Waals surface area (Å²) in [6, 6.07) is 3.74. The van der Waals surface area contributed by atoms with Gasteiger partial charge in [0.1, 0.15) is 0 Å². The van der Waals surface area contributed by atoms with Crippen LogP contribution >= 0.6 is 15.9 Å². The first kappa shape index (κ1) is 5.69. The summed E-state index contributed by atoms with van der Waals surface area (Å²) < 4.78 is 5.79. The van der Waals surface area contributed by atoms with Crippen LogP contribution in [0.2, 0.25) is 0 Å². The molecule has 0 aliphatic carbocycles. The summed E-state index contributed by atoms with van der Waals surface area (Å²) in [4.78, 5) is 2.92. The van der Waals surface area contributed by atoms with Gasteiger partial charge in [0.05, 0.1) is 11.7 Å². The van der Waals surface area contributed by atoms with Gasteiger partial charge in [-0.1, -0.05) is 0 Å². The van der Waals surface area contributed by atoms with Crippen LogP contribution in [0.25, 0.3) is 0 Å². The highest BCUT2D eigenvalue weighted by molar-refractivity contribution is 9.10. The molecule has 0 aromatic carbocycles. The van der Waals surface area contributed by atoms with E-state index >= 15 is 0 Å². The van der Waals surface area contributed by atoms with Crippen LogP contribution < -0.4 is 4.74 Å². The molecule has 44 valence electrons. The van der Waals surface area contributed by atoms with Crippen LogP contribution in [-0.2, 0) is 0 Å². The van der Waals surface area contributed by atoms with Crippen LogP contribution in [0.5, 0.6) is 5.88 Å². The Labute approximate surface area is 56.0 Å². The molecule has 1 aromatic heterocycles. The molecule has 0 aliphatic rings. The van der Waals surface area contributed by atoms with E-state index < -0.39 is 0 Å². The second kappa shape index (κ2) is 2.22. The van der Waals surface area contributed by atoms with E-state index in [1.165, 1.54) is 0 Å². The highest BCUT2D eigenvalue weighted by Crippen LogP contribution is 2.13. The van der Waals surface area contributed by atoms with Crippen LogP contribution in [0.15, 0.2) is 16.7 Å². The fourth-order valence-corrected chi connectivity index (χ4v) is 0.797. The van der Waals surface area contributed by atoms with Crippen LogP contribution in [0.4, 0.5) is 0 Å². The molecule has 1 N–H and O–H groups in total. The van der Waals surface area contributed by atoms with Crippen molar-refractivity contribution in [1.29, 1.82) is 0 Å². The fourth-order valence-electron chi connectivity index (χ4n) is 0.469. The van der Waals surface area contributed by atoms with Gasteiger partial charge in [-0.25, -0.2) is 0 Å². The lowest BCUT2D eigenvalue weighted by molar-refractivity contribution is 0.400. The molecule has 0 saturated carbocycles. The van der Waals surface area contributed by atoms with E-state index in [4.69, 9.17) is 4.74 Å².